The zero-order chi connectivity index (χ0) is 11.1. The van der Waals surface area contributed by atoms with Crippen LogP contribution in [-0.2, 0) is 0 Å². The van der Waals surface area contributed by atoms with E-state index in [1.54, 1.807) is 0 Å². The maximum Gasteiger partial charge on any atom is 0.115 e. The predicted octanol–water partition coefficient (Wildman–Crippen LogP) is 3.55. The maximum absolute atomic E-state index is 6.20. The van der Waals surface area contributed by atoms with Crippen molar-refractivity contribution in [3.8, 4) is 0 Å². The molecular formula is C14H8BBr. The van der Waals surface area contributed by atoms with Crippen LogP contribution in [0, 0.1) is 0 Å². The average Bonchev–Trinajstić information content (AvgIpc) is 2.36. The number of benzene rings is 3. The fraction of sp³-hybridized carbons (Fsp3) is 0. The predicted molar refractivity (Wildman–Crippen MR) is 74.5 cm³/mol. The van der Waals surface area contributed by atoms with Crippen LogP contribution in [0.5, 0.6) is 0 Å². The molecule has 0 spiro atoms. The minimum Gasteiger partial charge on any atom is -0.0812 e. The molecule has 0 aliphatic carbocycles. The van der Waals surface area contributed by atoms with Crippen molar-refractivity contribution >= 4 is 50.8 Å². The third-order valence-electron chi connectivity index (χ3n) is 2.91. The van der Waals surface area contributed by atoms with E-state index in [2.05, 4.69) is 40.2 Å². The highest BCUT2D eigenvalue weighted by Gasteiger charge is 2.07. The number of halogens is 1. The van der Waals surface area contributed by atoms with Gasteiger partial charge in [-0.2, -0.15) is 0 Å². The third kappa shape index (κ3) is 1.30. The first-order chi connectivity index (χ1) is 7.79. The summed E-state index contributed by atoms with van der Waals surface area (Å²) in [5.74, 6) is 0. The van der Waals surface area contributed by atoms with Crippen molar-refractivity contribution in [2.24, 2.45) is 0 Å². The lowest BCUT2D eigenvalue weighted by molar-refractivity contribution is 1.76. The Kier molecular flexibility index (Phi) is 2.25. The highest BCUT2D eigenvalue weighted by atomic mass is 79.9. The first-order valence-electron chi connectivity index (χ1n) is 5.13. The van der Waals surface area contributed by atoms with Crippen molar-refractivity contribution in [3.63, 3.8) is 0 Å². The van der Waals surface area contributed by atoms with Crippen LogP contribution in [-0.4, -0.2) is 7.85 Å². The Morgan fingerprint density at radius 2 is 1.06 bits per heavy atom. The summed E-state index contributed by atoms with van der Waals surface area (Å²) < 4.78 is 1.12. The minimum atomic E-state index is 0.856. The lowest BCUT2D eigenvalue weighted by atomic mass is 9.85. The minimum absolute atomic E-state index is 0.856. The highest BCUT2D eigenvalue weighted by Crippen LogP contribution is 2.30. The Bertz CT molecular complexity index is 572. The normalized spacial score (nSPS) is 11.1. The van der Waals surface area contributed by atoms with Gasteiger partial charge in [0, 0.05) is 4.47 Å². The van der Waals surface area contributed by atoms with Gasteiger partial charge in [-0.05, 0) is 37.5 Å². The number of rotatable bonds is 0. The molecule has 16 heavy (non-hydrogen) atoms. The van der Waals surface area contributed by atoms with E-state index in [-0.39, 0.29) is 0 Å². The zero-order valence-corrected chi connectivity index (χ0v) is 10.2. The molecule has 2 heteroatoms. The average molecular weight is 267 g/mol. The van der Waals surface area contributed by atoms with Gasteiger partial charge in [-0.15, -0.1) is 0 Å². The Morgan fingerprint density at radius 3 is 1.50 bits per heavy atom. The number of hydrogen-bond donors (Lipinski definition) is 0. The molecule has 0 N–H and O–H groups in total. The lowest BCUT2D eigenvalue weighted by Gasteiger charge is -2.10. The van der Waals surface area contributed by atoms with Crippen molar-refractivity contribution < 1.29 is 0 Å². The van der Waals surface area contributed by atoms with Gasteiger partial charge in [-0.25, -0.2) is 0 Å². The second-order valence-corrected chi connectivity index (χ2v) is 4.61. The van der Waals surface area contributed by atoms with Crippen molar-refractivity contribution in [1.29, 1.82) is 0 Å². The molecule has 2 radical (unpaired) electrons. The van der Waals surface area contributed by atoms with Crippen LogP contribution in [0.1, 0.15) is 0 Å². The Labute approximate surface area is 104 Å². The lowest BCUT2D eigenvalue weighted by Crippen LogP contribution is -2.06. The SMILES string of the molecule is [B]c1c2ccccc2c(Br)c2ccccc12. The molecule has 0 unspecified atom stereocenters. The summed E-state index contributed by atoms with van der Waals surface area (Å²) in [4.78, 5) is 0. The molecule has 74 valence electrons. The molecule has 0 aliphatic rings. The summed E-state index contributed by atoms with van der Waals surface area (Å²) in [6.45, 7) is 0. The molecule has 0 fully saturated rings. The van der Waals surface area contributed by atoms with Crippen LogP contribution >= 0.6 is 15.9 Å². The molecule has 3 rings (SSSR count). The van der Waals surface area contributed by atoms with E-state index in [1.165, 1.54) is 10.8 Å². The molecule has 0 nitrogen and oxygen atoms in total. The standard InChI is InChI=1S/C14H8BBr/c15-13-9-5-1-3-7-11(9)14(16)12-8-4-2-6-10(12)13/h1-8H. The van der Waals surface area contributed by atoms with Gasteiger partial charge in [-0.1, -0.05) is 54.0 Å². The summed E-state index contributed by atoms with van der Waals surface area (Å²) in [7, 11) is 6.20. The van der Waals surface area contributed by atoms with E-state index in [0.717, 1.165) is 20.7 Å². The van der Waals surface area contributed by atoms with Gasteiger partial charge >= 0.3 is 0 Å². The van der Waals surface area contributed by atoms with Gasteiger partial charge in [0.1, 0.15) is 7.85 Å². The Hall–Kier alpha value is -1.28. The molecule has 0 saturated carbocycles. The van der Waals surface area contributed by atoms with Crippen LogP contribution in [0.15, 0.2) is 53.0 Å². The van der Waals surface area contributed by atoms with Crippen molar-refractivity contribution in [2.45, 2.75) is 0 Å². The van der Waals surface area contributed by atoms with E-state index in [0.29, 0.717) is 0 Å². The fourth-order valence-electron chi connectivity index (χ4n) is 2.11. The Balaban J connectivity index is 2.67. The molecule has 0 aliphatic heterocycles. The molecule has 0 aromatic heterocycles. The summed E-state index contributed by atoms with van der Waals surface area (Å²) >= 11 is 3.66. The van der Waals surface area contributed by atoms with Gasteiger partial charge in [0.15, 0.2) is 0 Å². The molecule has 0 saturated heterocycles. The summed E-state index contributed by atoms with van der Waals surface area (Å²) in [5, 5.41) is 4.54. The first-order valence-corrected chi connectivity index (χ1v) is 5.93. The first kappa shape index (κ1) is 9.92. The van der Waals surface area contributed by atoms with Crippen LogP contribution in [0.25, 0.3) is 21.5 Å². The van der Waals surface area contributed by atoms with E-state index in [4.69, 9.17) is 7.85 Å². The molecule has 0 atom stereocenters. The van der Waals surface area contributed by atoms with Crippen molar-refractivity contribution in [1.82, 2.24) is 0 Å². The van der Waals surface area contributed by atoms with E-state index in [9.17, 15) is 0 Å². The molecule has 3 aromatic carbocycles. The molecule has 0 heterocycles. The van der Waals surface area contributed by atoms with Crippen LogP contribution in [0.4, 0.5) is 0 Å². The van der Waals surface area contributed by atoms with Gasteiger partial charge < -0.3 is 0 Å². The topological polar surface area (TPSA) is 0 Å². The number of hydrogen-bond acceptors (Lipinski definition) is 0. The van der Waals surface area contributed by atoms with Gasteiger partial charge in [0.2, 0.25) is 0 Å². The van der Waals surface area contributed by atoms with E-state index < -0.39 is 0 Å². The van der Waals surface area contributed by atoms with Crippen LogP contribution in [0.3, 0.4) is 0 Å². The molecule has 0 amide bonds. The van der Waals surface area contributed by atoms with Crippen molar-refractivity contribution in [3.05, 3.63) is 53.0 Å². The third-order valence-corrected chi connectivity index (χ3v) is 3.76. The van der Waals surface area contributed by atoms with E-state index in [1.807, 2.05) is 24.3 Å². The second-order valence-electron chi connectivity index (χ2n) is 3.82. The van der Waals surface area contributed by atoms with Gasteiger partial charge in [-0.3, -0.25) is 0 Å². The molecular weight excluding hydrogens is 259 g/mol. The molecule has 0 bridgehead atoms. The summed E-state index contributed by atoms with van der Waals surface area (Å²) in [6, 6.07) is 16.4. The zero-order valence-electron chi connectivity index (χ0n) is 8.57. The summed E-state index contributed by atoms with van der Waals surface area (Å²) in [5.41, 5.74) is 0.856. The maximum atomic E-state index is 6.20. The summed E-state index contributed by atoms with van der Waals surface area (Å²) in [6.07, 6.45) is 0. The Morgan fingerprint density at radius 1 is 0.688 bits per heavy atom. The monoisotopic (exact) mass is 266 g/mol. The highest BCUT2D eigenvalue weighted by molar-refractivity contribution is 9.10. The van der Waals surface area contributed by atoms with Crippen molar-refractivity contribution in [2.75, 3.05) is 0 Å². The van der Waals surface area contributed by atoms with Crippen LogP contribution < -0.4 is 5.46 Å². The van der Waals surface area contributed by atoms with Gasteiger partial charge in [0.05, 0.1) is 0 Å². The second kappa shape index (κ2) is 3.64. The van der Waals surface area contributed by atoms with E-state index >= 15 is 0 Å². The van der Waals surface area contributed by atoms with Gasteiger partial charge in [0.25, 0.3) is 0 Å². The number of fused-ring (bicyclic) bond motifs is 2. The van der Waals surface area contributed by atoms with Crippen LogP contribution in [0.2, 0.25) is 0 Å². The quantitative estimate of drug-likeness (QED) is 0.431. The molecule has 3 aromatic rings. The smallest absolute Gasteiger partial charge is 0.0812 e. The fourth-order valence-corrected chi connectivity index (χ4v) is 2.80. The largest absolute Gasteiger partial charge is 0.115 e.